The Morgan fingerprint density at radius 2 is 2.11 bits per heavy atom. The van der Waals surface area contributed by atoms with Gasteiger partial charge in [-0.25, -0.2) is 0 Å². The average Bonchev–Trinajstić information content (AvgIpc) is 2.36. The second kappa shape index (κ2) is 6.55. The number of esters is 1. The first-order valence-electron chi connectivity index (χ1n) is 7.19. The second-order valence-corrected chi connectivity index (χ2v) is 6.11. The third-order valence-electron chi connectivity index (χ3n) is 4.52. The molecule has 1 heterocycles. The van der Waals surface area contributed by atoms with Crippen LogP contribution in [0.1, 0.15) is 53.9 Å². The molecule has 0 amide bonds. The zero-order valence-electron chi connectivity index (χ0n) is 12.5. The van der Waals surface area contributed by atoms with Crippen LogP contribution in [0.15, 0.2) is 0 Å². The van der Waals surface area contributed by atoms with Gasteiger partial charge in [-0.15, -0.1) is 0 Å². The maximum Gasteiger partial charge on any atom is 0.312 e. The number of hydrogen-bond donors (Lipinski definition) is 0. The van der Waals surface area contributed by atoms with Crippen LogP contribution < -0.4 is 0 Å². The molecular formula is C15H28O3. The summed E-state index contributed by atoms with van der Waals surface area (Å²) in [7, 11) is 0. The molecule has 0 aliphatic carbocycles. The fourth-order valence-electron chi connectivity index (χ4n) is 2.22. The van der Waals surface area contributed by atoms with Crippen molar-refractivity contribution in [2.45, 2.75) is 60.0 Å². The zero-order chi connectivity index (χ0) is 13.8. The summed E-state index contributed by atoms with van der Waals surface area (Å²) in [5.74, 6) is 0.620. The largest absolute Gasteiger partial charge is 0.465 e. The van der Waals surface area contributed by atoms with Crippen LogP contribution in [0.4, 0.5) is 0 Å². The summed E-state index contributed by atoms with van der Waals surface area (Å²) in [5.41, 5.74) is -0.358. The van der Waals surface area contributed by atoms with E-state index in [0.29, 0.717) is 24.5 Å². The van der Waals surface area contributed by atoms with Gasteiger partial charge in [0.15, 0.2) is 0 Å². The summed E-state index contributed by atoms with van der Waals surface area (Å²) in [4.78, 5) is 12.2. The number of rotatable bonds is 5. The standard InChI is InChI=1S/C15H28O3/c1-6-15(5,11(2)3)14(16)18-10-13-8-7-12(4)17-9-13/h11-13H,6-10H2,1-5H3. The van der Waals surface area contributed by atoms with Crippen LogP contribution in [0.3, 0.4) is 0 Å². The number of carbonyl (C=O) groups excluding carboxylic acids is 1. The topological polar surface area (TPSA) is 35.5 Å². The van der Waals surface area contributed by atoms with Crippen molar-refractivity contribution in [3.05, 3.63) is 0 Å². The highest BCUT2D eigenvalue weighted by Crippen LogP contribution is 2.32. The predicted octanol–water partition coefficient (Wildman–Crippen LogP) is 3.42. The maximum atomic E-state index is 12.2. The minimum absolute atomic E-state index is 0.0568. The Hall–Kier alpha value is -0.570. The molecular weight excluding hydrogens is 228 g/mol. The Labute approximate surface area is 111 Å². The molecule has 1 saturated heterocycles. The number of carbonyl (C=O) groups is 1. The van der Waals surface area contributed by atoms with Crippen molar-refractivity contribution in [1.82, 2.24) is 0 Å². The molecule has 0 aromatic carbocycles. The molecule has 3 atom stereocenters. The average molecular weight is 256 g/mol. The predicted molar refractivity (Wildman–Crippen MR) is 72.3 cm³/mol. The summed E-state index contributed by atoms with van der Waals surface area (Å²) < 4.78 is 11.1. The van der Waals surface area contributed by atoms with Crippen LogP contribution in [0, 0.1) is 17.3 Å². The Bertz CT molecular complexity index is 267. The molecule has 18 heavy (non-hydrogen) atoms. The molecule has 0 spiro atoms. The quantitative estimate of drug-likeness (QED) is 0.707. The first-order valence-corrected chi connectivity index (χ1v) is 7.19. The van der Waals surface area contributed by atoms with Gasteiger partial charge in [-0.05, 0) is 39.0 Å². The summed E-state index contributed by atoms with van der Waals surface area (Å²) in [6.07, 6.45) is 3.34. The van der Waals surface area contributed by atoms with Gasteiger partial charge in [0.1, 0.15) is 0 Å². The molecule has 1 fully saturated rings. The van der Waals surface area contributed by atoms with Crippen LogP contribution >= 0.6 is 0 Å². The van der Waals surface area contributed by atoms with Crippen molar-refractivity contribution >= 4 is 5.97 Å². The van der Waals surface area contributed by atoms with Crippen molar-refractivity contribution in [2.24, 2.45) is 17.3 Å². The van der Waals surface area contributed by atoms with E-state index >= 15 is 0 Å². The number of ether oxygens (including phenoxy) is 2. The Morgan fingerprint density at radius 3 is 2.56 bits per heavy atom. The maximum absolute atomic E-state index is 12.2. The molecule has 106 valence electrons. The van der Waals surface area contributed by atoms with Crippen LogP contribution in [-0.4, -0.2) is 25.3 Å². The van der Waals surface area contributed by atoms with Gasteiger partial charge in [-0.1, -0.05) is 20.8 Å². The van der Waals surface area contributed by atoms with Gasteiger partial charge in [0.2, 0.25) is 0 Å². The summed E-state index contributed by atoms with van der Waals surface area (Å²) in [5, 5.41) is 0. The van der Waals surface area contributed by atoms with E-state index in [4.69, 9.17) is 9.47 Å². The third kappa shape index (κ3) is 3.71. The normalized spacial score (nSPS) is 27.9. The lowest BCUT2D eigenvalue weighted by Gasteiger charge is -2.32. The van der Waals surface area contributed by atoms with Crippen molar-refractivity contribution < 1.29 is 14.3 Å². The van der Waals surface area contributed by atoms with Gasteiger partial charge in [0.05, 0.1) is 24.7 Å². The zero-order valence-corrected chi connectivity index (χ0v) is 12.5. The van der Waals surface area contributed by atoms with E-state index in [2.05, 4.69) is 20.8 Å². The van der Waals surface area contributed by atoms with Crippen LogP contribution in [0.5, 0.6) is 0 Å². The van der Waals surface area contributed by atoms with E-state index in [1.165, 1.54) is 0 Å². The third-order valence-corrected chi connectivity index (χ3v) is 4.52. The lowest BCUT2D eigenvalue weighted by Crippen LogP contribution is -2.36. The molecule has 3 unspecified atom stereocenters. The molecule has 1 rings (SSSR count). The highest BCUT2D eigenvalue weighted by atomic mass is 16.5. The Morgan fingerprint density at radius 1 is 1.44 bits per heavy atom. The first-order chi connectivity index (χ1) is 8.40. The monoisotopic (exact) mass is 256 g/mol. The molecule has 1 aliphatic heterocycles. The van der Waals surface area contributed by atoms with Gasteiger partial charge >= 0.3 is 5.97 Å². The lowest BCUT2D eigenvalue weighted by atomic mass is 9.77. The minimum atomic E-state index is -0.358. The molecule has 0 aromatic heterocycles. The van der Waals surface area contributed by atoms with Crippen LogP contribution in [0.25, 0.3) is 0 Å². The minimum Gasteiger partial charge on any atom is -0.465 e. The highest BCUT2D eigenvalue weighted by molar-refractivity contribution is 5.76. The van der Waals surface area contributed by atoms with E-state index in [0.717, 1.165) is 25.9 Å². The summed E-state index contributed by atoms with van der Waals surface area (Å²) >= 11 is 0. The summed E-state index contributed by atoms with van der Waals surface area (Å²) in [6, 6.07) is 0. The van der Waals surface area contributed by atoms with Gasteiger partial charge < -0.3 is 9.47 Å². The van der Waals surface area contributed by atoms with E-state index < -0.39 is 0 Å². The fourth-order valence-corrected chi connectivity index (χ4v) is 2.22. The van der Waals surface area contributed by atoms with Gasteiger partial charge in [0.25, 0.3) is 0 Å². The molecule has 3 nitrogen and oxygen atoms in total. The smallest absolute Gasteiger partial charge is 0.312 e. The number of hydrogen-bond acceptors (Lipinski definition) is 3. The highest BCUT2D eigenvalue weighted by Gasteiger charge is 2.36. The van der Waals surface area contributed by atoms with E-state index in [1.54, 1.807) is 0 Å². The lowest BCUT2D eigenvalue weighted by molar-refractivity contribution is -0.161. The van der Waals surface area contributed by atoms with Gasteiger partial charge in [-0.3, -0.25) is 4.79 Å². The molecule has 1 aliphatic rings. The summed E-state index contributed by atoms with van der Waals surface area (Å²) in [6.45, 7) is 11.5. The Balaban J connectivity index is 2.41. The Kier molecular flexibility index (Phi) is 5.64. The van der Waals surface area contributed by atoms with Gasteiger partial charge in [0, 0.05) is 5.92 Å². The van der Waals surface area contributed by atoms with Crippen molar-refractivity contribution in [3.63, 3.8) is 0 Å². The second-order valence-electron chi connectivity index (χ2n) is 6.11. The first kappa shape index (κ1) is 15.5. The van der Waals surface area contributed by atoms with E-state index in [1.807, 2.05) is 13.8 Å². The van der Waals surface area contributed by atoms with Crippen molar-refractivity contribution in [1.29, 1.82) is 0 Å². The molecule has 0 bridgehead atoms. The molecule has 0 radical (unpaired) electrons. The van der Waals surface area contributed by atoms with Crippen molar-refractivity contribution in [2.75, 3.05) is 13.2 Å². The molecule has 0 saturated carbocycles. The van der Waals surface area contributed by atoms with Crippen LogP contribution in [0.2, 0.25) is 0 Å². The van der Waals surface area contributed by atoms with Crippen molar-refractivity contribution in [3.8, 4) is 0 Å². The molecule has 3 heteroatoms. The van der Waals surface area contributed by atoms with E-state index in [9.17, 15) is 4.79 Å². The molecule has 0 N–H and O–H groups in total. The fraction of sp³-hybridized carbons (Fsp3) is 0.933. The SMILES string of the molecule is CCC(C)(C(=O)OCC1CCC(C)OC1)C(C)C. The molecule has 0 aromatic rings. The van der Waals surface area contributed by atoms with E-state index in [-0.39, 0.29) is 11.4 Å². The van der Waals surface area contributed by atoms with Crippen LogP contribution in [-0.2, 0) is 14.3 Å². The van der Waals surface area contributed by atoms with Gasteiger partial charge in [-0.2, -0.15) is 0 Å².